The standard InChI is InChI=1S/C15H14N4O/c16-19-15-9-17-13(8-18-15)10-20-14-6-5-11-3-1-2-4-12(11)7-14/h1-9H,10,16H2,(H,18,19). The molecule has 0 amide bonds. The average molecular weight is 266 g/mol. The van der Waals surface area contributed by atoms with Crippen LogP contribution in [0.2, 0.25) is 0 Å². The van der Waals surface area contributed by atoms with E-state index in [0.717, 1.165) is 16.8 Å². The number of nitrogen functional groups attached to an aromatic ring is 1. The Labute approximate surface area is 116 Å². The Morgan fingerprint density at radius 1 is 1.00 bits per heavy atom. The predicted octanol–water partition coefficient (Wildman–Crippen LogP) is 2.49. The number of aromatic nitrogens is 2. The molecule has 0 spiro atoms. The van der Waals surface area contributed by atoms with Gasteiger partial charge in [-0.2, -0.15) is 0 Å². The summed E-state index contributed by atoms with van der Waals surface area (Å²) in [5.41, 5.74) is 3.18. The Kier molecular flexibility index (Phi) is 3.43. The van der Waals surface area contributed by atoms with E-state index in [2.05, 4.69) is 27.5 Å². The van der Waals surface area contributed by atoms with Gasteiger partial charge in [0.1, 0.15) is 12.4 Å². The molecule has 3 N–H and O–H groups in total. The van der Waals surface area contributed by atoms with E-state index in [1.807, 2.05) is 30.3 Å². The molecule has 1 aromatic heterocycles. The summed E-state index contributed by atoms with van der Waals surface area (Å²) in [6.45, 7) is 0.371. The quantitative estimate of drug-likeness (QED) is 0.560. The molecule has 0 bridgehead atoms. The molecular weight excluding hydrogens is 252 g/mol. The summed E-state index contributed by atoms with van der Waals surface area (Å²) in [4.78, 5) is 8.28. The Morgan fingerprint density at radius 2 is 1.85 bits per heavy atom. The molecule has 0 saturated heterocycles. The summed E-state index contributed by atoms with van der Waals surface area (Å²) >= 11 is 0. The van der Waals surface area contributed by atoms with Gasteiger partial charge in [-0.15, -0.1) is 0 Å². The highest BCUT2D eigenvalue weighted by Crippen LogP contribution is 2.21. The molecule has 0 aliphatic carbocycles. The van der Waals surface area contributed by atoms with Crippen LogP contribution in [0.1, 0.15) is 5.69 Å². The number of hydrogen-bond acceptors (Lipinski definition) is 5. The van der Waals surface area contributed by atoms with Gasteiger partial charge in [0, 0.05) is 0 Å². The largest absolute Gasteiger partial charge is 0.487 e. The lowest BCUT2D eigenvalue weighted by atomic mass is 10.1. The van der Waals surface area contributed by atoms with Gasteiger partial charge in [-0.3, -0.25) is 4.98 Å². The zero-order valence-corrected chi connectivity index (χ0v) is 10.8. The van der Waals surface area contributed by atoms with Crippen molar-refractivity contribution in [3.63, 3.8) is 0 Å². The monoisotopic (exact) mass is 266 g/mol. The Balaban J connectivity index is 1.72. The van der Waals surface area contributed by atoms with Gasteiger partial charge in [-0.25, -0.2) is 10.8 Å². The third-order valence-corrected chi connectivity index (χ3v) is 2.96. The van der Waals surface area contributed by atoms with Crippen LogP contribution in [0.5, 0.6) is 5.75 Å². The fourth-order valence-corrected chi connectivity index (χ4v) is 1.92. The maximum atomic E-state index is 5.72. The second kappa shape index (κ2) is 5.54. The number of hydrogen-bond donors (Lipinski definition) is 2. The maximum absolute atomic E-state index is 5.72. The number of rotatable bonds is 4. The highest BCUT2D eigenvalue weighted by atomic mass is 16.5. The first-order valence-electron chi connectivity index (χ1n) is 6.24. The SMILES string of the molecule is NNc1cnc(COc2ccc3ccccc3c2)cn1. The molecule has 3 aromatic rings. The summed E-state index contributed by atoms with van der Waals surface area (Å²) in [6, 6.07) is 14.2. The van der Waals surface area contributed by atoms with Crippen LogP contribution in [0.4, 0.5) is 5.82 Å². The van der Waals surface area contributed by atoms with Gasteiger partial charge in [-0.1, -0.05) is 30.3 Å². The van der Waals surface area contributed by atoms with Crippen molar-refractivity contribution < 1.29 is 4.74 Å². The van der Waals surface area contributed by atoms with E-state index in [1.165, 1.54) is 5.39 Å². The number of fused-ring (bicyclic) bond motifs is 1. The molecule has 1 heterocycles. The smallest absolute Gasteiger partial charge is 0.158 e. The summed E-state index contributed by atoms with van der Waals surface area (Å²) in [6.07, 6.45) is 3.20. The minimum atomic E-state index is 0.371. The number of hydrazine groups is 1. The number of nitrogens with two attached hydrogens (primary N) is 1. The summed E-state index contributed by atoms with van der Waals surface area (Å²) in [5, 5.41) is 2.34. The minimum Gasteiger partial charge on any atom is -0.487 e. The van der Waals surface area contributed by atoms with Crippen LogP contribution in [0.25, 0.3) is 10.8 Å². The van der Waals surface area contributed by atoms with E-state index in [0.29, 0.717) is 12.4 Å². The van der Waals surface area contributed by atoms with E-state index in [1.54, 1.807) is 12.4 Å². The van der Waals surface area contributed by atoms with Crippen molar-refractivity contribution in [1.29, 1.82) is 0 Å². The van der Waals surface area contributed by atoms with E-state index >= 15 is 0 Å². The molecule has 0 saturated carbocycles. The molecule has 5 nitrogen and oxygen atoms in total. The average Bonchev–Trinajstić information content (AvgIpc) is 2.53. The second-order valence-corrected chi connectivity index (χ2v) is 4.33. The molecule has 0 aliphatic heterocycles. The van der Waals surface area contributed by atoms with Gasteiger partial charge in [0.2, 0.25) is 0 Å². The number of anilines is 1. The van der Waals surface area contributed by atoms with Crippen molar-refractivity contribution in [2.75, 3.05) is 5.43 Å². The number of benzene rings is 2. The topological polar surface area (TPSA) is 73.1 Å². The van der Waals surface area contributed by atoms with Gasteiger partial charge in [0.25, 0.3) is 0 Å². The van der Waals surface area contributed by atoms with Crippen molar-refractivity contribution in [3.05, 3.63) is 60.6 Å². The molecule has 0 aliphatic rings. The Morgan fingerprint density at radius 3 is 2.60 bits per heavy atom. The molecule has 100 valence electrons. The number of nitrogens with one attached hydrogen (secondary N) is 1. The molecule has 0 radical (unpaired) electrons. The molecule has 2 aromatic carbocycles. The van der Waals surface area contributed by atoms with Crippen LogP contribution >= 0.6 is 0 Å². The van der Waals surface area contributed by atoms with E-state index in [4.69, 9.17) is 10.6 Å². The van der Waals surface area contributed by atoms with Crippen LogP contribution in [0, 0.1) is 0 Å². The summed E-state index contributed by atoms with van der Waals surface area (Å²) in [5.74, 6) is 6.57. The molecular formula is C15H14N4O. The predicted molar refractivity (Wildman–Crippen MR) is 78.1 cm³/mol. The van der Waals surface area contributed by atoms with Crippen molar-refractivity contribution in [3.8, 4) is 5.75 Å². The highest BCUT2D eigenvalue weighted by Gasteiger charge is 2.00. The zero-order chi connectivity index (χ0) is 13.8. The zero-order valence-electron chi connectivity index (χ0n) is 10.8. The third-order valence-electron chi connectivity index (χ3n) is 2.96. The van der Waals surface area contributed by atoms with Gasteiger partial charge in [-0.05, 0) is 22.9 Å². The van der Waals surface area contributed by atoms with Gasteiger partial charge in [0.05, 0.1) is 18.1 Å². The molecule has 0 atom stereocenters. The molecule has 20 heavy (non-hydrogen) atoms. The molecule has 5 heteroatoms. The minimum absolute atomic E-state index is 0.371. The number of ether oxygens (including phenoxy) is 1. The van der Waals surface area contributed by atoms with Crippen LogP contribution in [-0.4, -0.2) is 9.97 Å². The first-order chi connectivity index (χ1) is 9.85. The van der Waals surface area contributed by atoms with E-state index in [9.17, 15) is 0 Å². The van der Waals surface area contributed by atoms with Gasteiger partial charge < -0.3 is 10.2 Å². The Bertz CT molecular complexity index is 712. The van der Waals surface area contributed by atoms with E-state index < -0.39 is 0 Å². The number of nitrogens with zero attached hydrogens (tertiary/aromatic N) is 2. The van der Waals surface area contributed by atoms with Gasteiger partial charge >= 0.3 is 0 Å². The Hall–Kier alpha value is -2.66. The summed E-state index contributed by atoms with van der Waals surface area (Å²) < 4.78 is 5.72. The van der Waals surface area contributed by atoms with Crippen molar-refractivity contribution in [2.45, 2.75) is 6.61 Å². The van der Waals surface area contributed by atoms with Crippen molar-refractivity contribution in [1.82, 2.24) is 9.97 Å². The fourth-order valence-electron chi connectivity index (χ4n) is 1.92. The van der Waals surface area contributed by atoms with Crippen LogP contribution in [-0.2, 0) is 6.61 Å². The first-order valence-corrected chi connectivity index (χ1v) is 6.24. The molecule has 0 fully saturated rings. The third kappa shape index (κ3) is 2.67. The highest BCUT2D eigenvalue weighted by molar-refractivity contribution is 5.83. The maximum Gasteiger partial charge on any atom is 0.158 e. The lowest BCUT2D eigenvalue weighted by Gasteiger charge is -2.07. The lowest BCUT2D eigenvalue weighted by Crippen LogP contribution is -2.09. The second-order valence-electron chi connectivity index (χ2n) is 4.33. The summed E-state index contributed by atoms with van der Waals surface area (Å²) in [7, 11) is 0. The van der Waals surface area contributed by atoms with Crippen molar-refractivity contribution in [2.24, 2.45) is 5.84 Å². The molecule has 0 unspecified atom stereocenters. The van der Waals surface area contributed by atoms with Gasteiger partial charge in [0.15, 0.2) is 5.82 Å². The van der Waals surface area contributed by atoms with Crippen LogP contribution < -0.4 is 16.0 Å². The lowest BCUT2D eigenvalue weighted by molar-refractivity contribution is 0.301. The van der Waals surface area contributed by atoms with Crippen LogP contribution in [0.15, 0.2) is 54.9 Å². The normalized spacial score (nSPS) is 10.4. The fraction of sp³-hybridized carbons (Fsp3) is 0.0667. The van der Waals surface area contributed by atoms with Crippen LogP contribution in [0.3, 0.4) is 0 Å². The molecule has 3 rings (SSSR count). The first kappa shape index (κ1) is 12.4. The van der Waals surface area contributed by atoms with Crippen molar-refractivity contribution >= 4 is 16.6 Å². The van der Waals surface area contributed by atoms with E-state index in [-0.39, 0.29) is 0 Å².